The van der Waals surface area contributed by atoms with Crippen LogP contribution in [0.5, 0.6) is 17.2 Å². The van der Waals surface area contributed by atoms with Gasteiger partial charge in [0.15, 0.2) is 0 Å². The van der Waals surface area contributed by atoms with Gasteiger partial charge in [-0.3, -0.25) is 0 Å². The summed E-state index contributed by atoms with van der Waals surface area (Å²) >= 11 is 0. The van der Waals surface area contributed by atoms with Crippen molar-refractivity contribution >= 4 is 6.21 Å². The lowest BCUT2D eigenvalue weighted by Crippen LogP contribution is -2.39. The number of ether oxygens (including phenoxy) is 3. The van der Waals surface area contributed by atoms with Crippen LogP contribution < -0.4 is 14.2 Å². The van der Waals surface area contributed by atoms with Gasteiger partial charge < -0.3 is 19.0 Å². The van der Waals surface area contributed by atoms with Gasteiger partial charge in [-0.1, -0.05) is 17.3 Å². The molecule has 1 aliphatic rings. The smallest absolute Gasteiger partial charge is 0.135 e. The lowest BCUT2D eigenvalue weighted by Gasteiger charge is -2.33. The molecular weight excluding hydrogens is 390 g/mol. The molecule has 1 fully saturated rings. The van der Waals surface area contributed by atoms with E-state index in [0.717, 1.165) is 59.6 Å². The van der Waals surface area contributed by atoms with Crippen molar-refractivity contribution < 1.29 is 19.0 Å². The molecule has 2 aromatic carbocycles. The van der Waals surface area contributed by atoms with Crippen molar-refractivity contribution in [1.82, 2.24) is 0 Å². The Bertz CT molecular complexity index is 866. The third kappa shape index (κ3) is 6.51. The van der Waals surface area contributed by atoms with Gasteiger partial charge in [-0.15, -0.1) is 0 Å². The van der Waals surface area contributed by atoms with Crippen LogP contribution >= 0.6 is 0 Å². The van der Waals surface area contributed by atoms with Gasteiger partial charge in [0.1, 0.15) is 43.2 Å². The quantitative estimate of drug-likeness (QED) is 0.282. The van der Waals surface area contributed by atoms with Gasteiger partial charge in [0.05, 0.1) is 6.21 Å². The summed E-state index contributed by atoms with van der Waals surface area (Å²) in [6, 6.07) is 12.0. The van der Waals surface area contributed by atoms with Gasteiger partial charge >= 0.3 is 0 Å². The monoisotopic (exact) mass is 423 g/mol. The highest BCUT2D eigenvalue weighted by Crippen LogP contribution is 2.33. The highest BCUT2D eigenvalue weighted by molar-refractivity contribution is 5.79. The standard InChI is InChI=1S/C26H33NO4/c1-5-6-15-29-23-16-19(2)26(20(3)17-23)31-25-10-8-7-9-24(25)30-22-13-11-21(12-14-22)18-27-28-4/h5-6,11-14,16-18,24-25H,7-10,15H2,1-4H3/b6-5+,27-18+. The van der Waals surface area contributed by atoms with Crippen LogP contribution in [0, 0.1) is 13.8 Å². The zero-order chi connectivity index (χ0) is 22.1. The maximum atomic E-state index is 6.53. The van der Waals surface area contributed by atoms with Crippen LogP contribution in [0.25, 0.3) is 0 Å². The minimum atomic E-state index is 0.0238. The van der Waals surface area contributed by atoms with Crippen LogP contribution in [0.1, 0.15) is 49.3 Å². The minimum absolute atomic E-state index is 0.0238. The minimum Gasteiger partial charge on any atom is -0.490 e. The van der Waals surface area contributed by atoms with Gasteiger partial charge in [-0.05, 0) is 99.5 Å². The predicted molar refractivity (Wildman–Crippen MR) is 125 cm³/mol. The third-order valence-electron chi connectivity index (χ3n) is 5.40. The molecule has 0 saturated heterocycles. The van der Waals surface area contributed by atoms with Crippen LogP contribution in [0.3, 0.4) is 0 Å². The first kappa shape index (κ1) is 22.7. The second-order valence-electron chi connectivity index (χ2n) is 7.85. The average Bonchev–Trinajstić information content (AvgIpc) is 2.77. The molecule has 0 N–H and O–H groups in total. The van der Waals surface area contributed by atoms with Crippen LogP contribution in [0.2, 0.25) is 0 Å². The Hall–Kier alpha value is -2.95. The van der Waals surface area contributed by atoms with Gasteiger partial charge in [-0.25, -0.2) is 0 Å². The molecule has 0 bridgehead atoms. The summed E-state index contributed by atoms with van der Waals surface area (Å²) in [4.78, 5) is 4.73. The number of oxime groups is 1. The fourth-order valence-electron chi connectivity index (χ4n) is 3.82. The van der Waals surface area contributed by atoms with Crippen LogP contribution in [0.4, 0.5) is 0 Å². The van der Waals surface area contributed by atoms with E-state index < -0.39 is 0 Å². The maximum Gasteiger partial charge on any atom is 0.135 e. The number of hydrogen-bond acceptors (Lipinski definition) is 5. The van der Waals surface area contributed by atoms with E-state index in [4.69, 9.17) is 19.0 Å². The highest BCUT2D eigenvalue weighted by Gasteiger charge is 2.29. The summed E-state index contributed by atoms with van der Waals surface area (Å²) in [7, 11) is 1.53. The molecule has 3 rings (SSSR count). The molecule has 2 atom stereocenters. The molecule has 2 unspecified atom stereocenters. The van der Waals surface area contributed by atoms with E-state index in [0.29, 0.717) is 6.61 Å². The molecule has 166 valence electrons. The van der Waals surface area contributed by atoms with E-state index >= 15 is 0 Å². The van der Waals surface area contributed by atoms with Crippen molar-refractivity contribution in [3.8, 4) is 17.2 Å². The lowest BCUT2D eigenvalue weighted by molar-refractivity contribution is 0.0224. The molecule has 0 radical (unpaired) electrons. The lowest BCUT2D eigenvalue weighted by atomic mass is 9.94. The summed E-state index contributed by atoms with van der Waals surface area (Å²) in [6.07, 6.45) is 9.98. The summed E-state index contributed by atoms with van der Waals surface area (Å²) in [6.45, 7) is 6.71. The van der Waals surface area contributed by atoms with Crippen LogP contribution in [-0.2, 0) is 4.84 Å². The SMILES string of the molecule is C/C=C/COc1cc(C)c(OC2CCCCC2Oc2ccc(/C=N/OC)cc2)c(C)c1. The van der Waals surface area contributed by atoms with Crippen LogP contribution in [0.15, 0.2) is 53.7 Å². The van der Waals surface area contributed by atoms with E-state index in [1.54, 1.807) is 6.21 Å². The van der Waals surface area contributed by atoms with Crippen molar-refractivity contribution in [3.63, 3.8) is 0 Å². The first-order valence-corrected chi connectivity index (χ1v) is 11.0. The predicted octanol–water partition coefficient (Wildman–Crippen LogP) is 6.01. The average molecular weight is 424 g/mol. The molecule has 0 heterocycles. The summed E-state index contributed by atoms with van der Waals surface area (Å²) < 4.78 is 18.7. The first-order chi connectivity index (χ1) is 15.1. The van der Waals surface area contributed by atoms with Gasteiger partial charge in [0.2, 0.25) is 0 Å². The van der Waals surface area contributed by atoms with Crippen molar-refractivity contribution in [1.29, 1.82) is 0 Å². The Morgan fingerprint density at radius 2 is 1.58 bits per heavy atom. The molecule has 0 spiro atoms. The van der Waals surface area contributed by atoms with E-state index in [1.165, 1.54) is 7.11 Å². The Morgan fingerprint density at radius 1 is 0.935 bits per heavy atom. The zero-order valence-electron chi connectivity index (χ0n) is 19.0. The van der Waals surface area contributed by atoms with Crippen molar-refractivity contribution in [2.24, 2.45) is 5.16 Å². The number of rotatable bonds is 9. The summed E-state index contributed by atoms with van der Waals surface area (Å²) in [5.41, 5.74) is 3.14. The maximum absolute atomic E-state index is 6.53. The molecule has 2 aromatic rings. The van der Waals surface area contributed by atoms with E-state index in [-0.39, 0.29) is 12.2 Å². The second-order valence-corrected chi connectivity index (χ2v) is 7.85. The van der Waals surface area contributed by atoms with E-state index in [2.05, 4.69) is 19.0 Å². The number of aryl methyl sites for hydroxylation is 2. The summed E-state index contributed by atoms with van der Waals surface area (Å²) in [5.74, 6) is 2.65. The Labute approximate surface area is 185 Å². The van der Waals surface area contributed by atoms with Crippen molar-refractivity contribution in [2.75, 3.05) is 13.7 Å². The number of allylic oxidation sites excluding steroid dienone is 1. The molecule has 31 heavy (non-hydrogen) atoms. The largest absolute Gasteiger partial charge is 0.490 e. The molecule has 5 nitrogen and oxygen atoms in total. The topological polar surface area (TPSA) is 49.3 Å². The normalized spacial score (nSPS) is 19.0. The highest BCUT2D eigenvalue weighted by atomic mass is 16.6. The van der Waals surface area contributed by atoms with E-state index in [9.17, 15) is 0 Å². The second kappa shape index (κ2) is 11.4. The number of benzene rings is 2. The number of nitrogens with zero attached hydrogens (tertiary/aromatic N) is 1. The zero-order valence-corrected chi connectivity index (χ0v) is 19.0. The molecule has 5 heteroatoms. The van der Waals surface area contributed by atoms with Crippen LogP contribution in [-0.4, -0.2) is 32.1 Å². The molecule has 1 aliphatic carbocycles. The fraction of sp³-hybridized carbons (Fsp3) is 0.423. The number of hydrogen-bond donors (Lipinski definition) is 0. The molecule has 0 aliphatic heterocycles. The molecule has 0 amide bonds. The Morgan fingerprint density at radius 3 is 2.19 bits per heavy atom. The van der Waals surface area contributed by atoms with Gasteiger partial charge in [0, 0.05) is 0 Å². The van der Waals surface area contributed by atoms with Gasteiger partial charge in [0.25, 0.3) is 0 Å². The first-order valence-electron chi connectivity index (χ1n) is 11.0. The molecule has 1 saturated carbocycles. The fourth-order valence-corrected chi connectivity index (χ4v) is 3.82. The van der Waals surface area contributed by atoms with Crippen molar-refractivity contribution in [3.05, 3.63) is 65.2 Å². The van der Waals surface area contributed by atoms with E-state index in [1.807, 2.05) is 55.5 Å². The molecule has 0 aromatic heterocycles. The molecular formula is C26H33NO4. The Balaban J connectivity index is 1.68. The Kier molecular flexibility index (Phi) is 8.39. The van der Waals surface area contributed by atoms with Gasteiger partial charge in [-0.2, -0.15) is 0 Å². The third-order valence-corrected chi connectivity index (χ3v) is 5.40. The summed E-state index contributed by atoms with van der Waals surface area (Å²) in [5, 5.41) is 3.79. The van der Waals surface area contributed by atoms with Crippen molar-refractivity contribution in [2.45, 2.75) is 58.7 Å².